The second-order valence-electron chi connectivity index (χ2n) is 2.46. The highest BCUT2D eigenvalue weighted by molar-refractivity contribution is 5.81. The van der Waals surface area contributed by atoms with Crippen LogP contribution in [-0.2, 0) is 4.79 Å². The zero-order valence-corrected chi connectivity index (χ0v) is 5.94. The summed E-state index contributed by atoms with van der Waals surface area (Å²) in [5.74, 6) is -2.39. The molecule has 0 saturated heterocycles. The Kier molecular flexibility index (Phi) is 1.99. The predicted octanol–water partition coefficient (Wildman–Crippen LogP) is -0.414. The summed E-state index contributed by atoms with van der Waals surface area (Å²) < 4.78 is 12.4. The maximum Gasteiger partial charge on any atom is 0.342 e. The first-order chi connectivity index (χ1) is 5.47. The standard InChI is InChI=1S/C7H7FO4/c8-4-1-2-7(12,6(10)11)5(9)3-4/h1-3,5,9,12H,(H,10,11)/t5-,7+/m0/s1. The van der Waals surface area contributed by atoms with E-state index in [0.717, 1.165) is 6.08 Å². The zero-order chi connectivity index (χ0) is 9.35. The van der Waals surface area contributed by atoms with Crippen LogP contribution in [0.25, 0.3) is 0 Å². The average molecular weight is 174 g/mol. The Balaban J connectivity index is 2.99. The van der Waals surface area contributed by atoms with Gasteiger partial charge < -0.3 is 15.3 Å². The summed E-state index contributed by atoms with van der Waals surface area (Å²) in [5, 5.41) is 26.6. The van der Waals surface area contributed by atoms with Crippen molar-refractivity contribution in [1.29, 1.82) is 0 Å². The van der Waals surface area contributed by atoms with Crippen LogP contribution >= 0.6 is 0 Å². The minimum absolute atomic E-state index is 0.633. The van der Waals surface area contributed by atoms with Crippen LogP contribution < -0.4 is 0 Å². The van der Waals surface area contributed by atoms with Gasteiger partial charge in [0, 0.05) is 0 Å². The molecule has 0 heterocycles. The molecule has 0 aromatic heterocycles. The number of hydrogen-bond acceptors (Lipinski definition) is 3. The van der Waals surface area contributed by atoms with Gasteiger partial charge in [-0.25, -0.2) is 9.18 Å². The lowest BCUT2D eigenvalue weighted by Gasteiger charge is -2.25. The number of aliphatic hydroxyl groups is 2. The molecule has 0 aromatic rings. The lowest BCUT2D eigenvalue weighted by molar-refractivity contribution is -0.160. The van der Waals surface area contributed by atoms with Crippen molar-refractivity contribution in [2.45, 2.75) is 11.7 Å². The summed E-state index contributed by atoms with van der Waals surface area (Å²) in [7, 11) is 0. The Bertz CT molecular complexity index is 271. The van der Waals surface area contributed by atoms with Gasteiger partial charge in [0.05, 0.1) is 0 Å². The molecule has 1 rings (SSSR count). The molecule has 0 saturated carbocycles. The second kappa shape index (κ2) is 2.69. The van der Waals surface area contributed by atoms with Gasteiger partial charge in [0.15, 0.2) is 0 Å². The number of aliphatic carboxylic acids is 1. The Morgan fingerprint density at radius 2 is 2.25 bits per heavy atom. The third-order valence-electron chi connectivity index (χ3n) is 1.61. The monoisotopic (exact) mass is 174 g/mol. The minimum Gasteiger partial charge on any atom is -0.479 e. The Hall–Kier alpha value is -1.20. The number of hydrogen-bond donors (Lipinski definition) is 3. The van der Waals surface area contributed by atoms with Crippen LogP contribution in [0, 0.1) is 0 Å². The summed E-state index contributed by atoms with van der Waals surface area (Å²) in [4.78, 5) is 10.4. The lowest BCUT2D eigenvalue weighted by atomic mass is 9.92. The highest BCUT2D eigenvalue weighted by Gasteiger charge is 2.42. The smallest absolute Gasteiger partial charge is 0.342 e. The number of allylic oxidation sites excluding steroid dienone is 2. The van der Waals surface area contributed by atoms with Gasteiger partial charge >= 0.3 is 5.97 Å². The van der Waals surface area contributed by atoms with E-state index in [9.17, 15) is 14.3 Å². The molecule has 0 radical (unpaired) electrons. The van der Waals surface area contributed by atoms with Crippen LogP contribution in [0.15, 0.2) is 24.1 Å². The summed E-state index contributed by atoms with van der Waals surface area (Å²) in [6.07, 6.45) is 0.379. The van der Waals surface area contributed by atoms with E-state index in [2.05, 4.69) is 0 Å². The summed E-state index contributed by atoms with van der Waals surface area (Å²) >= 11 is 0. The molecule has 1 aliphatic carbocycles. The molecule has 0 bridgehead atoms. The maximum absolute atomic E-state index is 12.4. The van der Waals surface area contributed by atoms with Crippen LogP contribution in [-0.4, -0.2) is 33.0 Å². The first-order valence-corrected chi connectivity index (χ1v) is 3.17. The highest BCUT2D eigenvalue weighted by atomic mass is 19.1. The first-order valence-electron chi connectivity index (χ1n) is 3.17. The van der Waals surface area contributed by atoms with E-state index in [4.69, 9.17) is 10.2 Å². The van der Waals surface area contributed by atoms with Gasteiger partial charge in [-0.2, -0.15) is 0 Å². The molecule has 3 N–H and O–H groups in total. The van der Waals surface area contributed by atoms with Gasteiger partial charge in [-0.3, -0.25) is 0 Å². The van der Waals surface area contributed by atoms with Gasteiger partial charge in [-0.15, -0.1) is 0 Å². The fourth-order valence-corrected chi connectivity index (χ4v) is 0.836. The van der Waals surface area contributed by atoms with E-state index in [0.29, 0.717) is 12.2 Å². The van der Waals surface area contributed by atoms with Gasteiger partial charge in [-0.05, 0) is 18.2 Å². The predicted molar refractivity (Wildman–Crippen MR) is 36.9 cm³/mol. The molecular formula is C7H7FO4. The molecule has 1 aliphatic rings. The minimum atomic E-state index is -2.41. The van der Waals surface area contributed by atoms with Gasteiger partial charge in [0.25, 0.3) is 0 Å². The third kappa shape index (κ3) is 1.24. The fourth-order valence-electron chi connectivity index (χ4n) is 0.836. The number of carbonyl (C=O) groups is 1. The Morgan fingerprint density at radius 1 is 1.67 bits per heavy atom. The number of carboxylic acid groups (broad SMARTS) is 1. The molecule has 0 fully saturated rings. The quantitative estimate of drug-likeness (QED) is 0.504. The van der Waals surface area contributed by atoms with E-state index in [1.54, 1.807) is 0 Å². The van der Waals surface area contributed by atoms with Gasteiger partial charge in [0.2, 0.25) is 5.60 Å². The van der Waals surface area contributed by atoms with E-state index in [1.807, 2.05) is 0 Å². The molecule has 4 nitrogen and oxygen atoms in total. The topological polar surface area (TPSA) is 77.8 Å². The number of carboxylic acids is 1. The number of aliphatic hydroxyl groups excluding tert-OH is 1. The molecule has 12 heavy (non-hydrogen) atoms. The largest absolute Gasteiger partial charge is 0.479 e. The van der Waals surface area contributed by atoms with Crippen LogP contribution in [0.5, 0.6) is 0 Å². The number of halogens is 1. The molecule has 0 amide bonds. The molecule has 0 aromatic carbocycles. The van der Waals surface area contributed by atoms with Crippen molar-refractivity contribution >= 4 is 5.97 Å². The van der Waals surface area contributed by atoms with Gasteiger partial charge in [0.1, 0.15) is 11.9 Å². The molecule has 0 aliphatic heterocycles. The van der Waals surface area contributed by atoms with Crippen molar-refractivity contribution < 1.29 is 24.5 Å². The first kappa shape index (κ1) is 8.89. The Labute approximate surface area is 67.3 Å². The molecule has 66 valence electrons. The van der Waals surface area contributed by atoms with Crippen molar-refractivity contribution in [3.8, 4) is 0 Å². The van der Waals surface area contributed by atoms with E-state index >= 15 is 0 Å². The van der Waals surface area contributed by atoms with Crippen molar-refractivity contribution in [1.82, 2.24) is 0 Å². The summed E-state index contributed by atoms with van der Waals surface area (Å²) in [5.41, 5.74) is -2.41. The van der Waals surface area contributed by atoms with Crippen LogP contribution in [0.1, 0.15) is 0 Å². The number of rotatable bonds is 1. The van der Waals surface area contributed by atoms with Crippen molar-refractivity contribution in [2.24, 2.45) is 0 Å². The van der Waals surface area contributed by atoms with E-state index in [1.165, 1.54) is 0 Å². The fraction of sp³-hybridized carbons (Fsp3) is 0.286. The molecular weight excluding hydrogens is 167 g/mol. The van der Waals surface area contributed by atoms with Crippen molar-refractivity contribution in [2.75, 3.05) is 0 Å². The molecule has 2 atom stereocenters. The highest BCUT2D eigenvalue weighted by Crippen LogP contribution is 2.22. The van der Waals surface area contributed by atoms with E-state index in [-0.39, 0.29) is 0 Å². The Morgan fingerprint density at radius 3 is 2.67 bits per heavy atom. The SMILES string of the molecule is O=C(O)[C@@]1(O)C=CC(F)=C[C@@H]1O. The second-order valence-corrected chi connectivity index (χ2v) is 2.46. The third-order valence-corrected chi connectivity index (χ3v) is 1.61. The van der Waals surface area contributed by atoms with Crippen molar-refractivity contribution in [3.63, 3.8) is 0 Å². The normalized spacial score (nSPS) is 34.6. The van der Waals surface area contributed by atoms with Crippen molar-refractivity contribution in [3.05, 3.63) is 24.1 Å². The molecule has 5 heteroatoms. The average Bonchev–Trinajstić information content (AvgIpc) is 1.97. The zero-order valence-electron chi connectivity index (χ0n) is 5.94. The molecule has 0 unspecified atom stereocenters. The van der Waals surface area contributed by atoms with Crippen LogP contribution in [0.4, 0.5) is 4.39 Å². The molecule has 0 spiro atoms. The lowest BCUT2D eigenvalue weighted by Crippen LogP contribution is -2.48. The maximum atomic E-state index is 12.4. The van der Waals surface area contributed by atoms with Crippen LogP contribution in [0.2, 0.25) is 0 Å². The summed E-state index contributed by atoms with van der Waals surface area (Å²) in [6, 6.07) is 0. The van der Waals surface area contributed by atoms with Gasteiger partial charge in [-0.1, -0.05) is 0 Å². The van der Waals surface area contributed by atoms with Crippen LogP contribution in [0.3, 0.4) is 0 Å². The summed E-state index contributed by atoms with van der Waals surface area (Å²) in [6.45, 7) is 0. The van der Waals surface area contributed by atoms with E-state index < -0.39 is 23.5 Å².